The Kier molecular flexibility index (Phi) is 6.99. The summed E-state index contributed by atoms with van der Waals surface area (Å²) < 4.78 is 7.36. The van der Waals surface area contributed by atoms with Crippen molar-refractivity contribution >= 4 is 29.3 Å². The van der Waals surface area contributed by atoms with Gasteiger partial charge in [-0.1, -0.05) is 65.8 Å². The van der Waals surface area contributed by atoms with Gasteiger partial charge in [0.15, 0.2) is 0 Å². The van der Waals surface area contributed by atoms with Crippen LogP contribution in [0, 0.1) is 0 Å². The molecule has 2 heterocycles. The second-order valence-corrected chi connectivity index (χ2v) is 8.41. The maximum absolute atomic E-state index is 12.8. The predicted octanol–water partition coefficient (Wildman–Crippen LogP) is 3.50. The number of carbonyl (C=O) groups excluding carboxylic acids is 1. The standard InChI is InChI=1S/C21H22ClN5O2S/c22-17-10-8-16(9-11-17)20(15-5-2-1-3-6-15)23-19(28)14-30-21-24-25-26-27(21)13-18-7-4-12-29-18/h1-3,5-6,8-11,18,20H,4,7,12-14H2,(H,23,28). The molecule has 1 aromatic heterocycles. The Bertz CT molecular complexity index is 961. The van der Waals surface area contributed by atoms with Gasteiger partial charge in [0.1, 0.15) is 0 Å². The van der Waals surface area contributed by atoms with Crippen molar-refractivity contribution in [2.45, 2.75) is 36.7 Å². The first-order valence-electron chi connectivity index (χ1n) is 9.79. The number of nitrogens with zero attached hydrogens (tertiary/aromatic N) is 4. The van der Waals surface area contributed by atoms with Gasteiger partial charge in [-0.2, -0.15) is 0 Å². The third kappa shape index (κ3) is 5.38. The van der Waals surface area contributed by atoms with Crippen molar-refractivity contribution in [2.24, 2.45) is 0 Å². The van der Waals surface area contributed by atoms with Crippen molar-refractivity contribution in [3.05, 3.63) is 70.7 Å². The van der Waals surface area contributed by atoms with Crippen LogP contribution in [0.15, 0.2) is 59.8 Å². The summed E-state index contributed by atoms with van der Waals surface area (Å²) in [4.78, 5) is 12.8. The fourth-order valence-corrected chi connectivity index (χ4v) is 4.21. The second kappa shape index (κ2) is 10.1. The molecule has 0 spiro atoms. The van der Waals surface area contributed by atoms with Gasteiger partial charge in [0.05, 0.1) is 24.4 Å². The molecule has 30 heavy (non-hydrogen) atoms. The van der Waals surface area contributed by atoms with Crippen molar-refractivity contribution in [2.75, 3.05) is 12.4 Å². The summed E-state index contributed by atoms with van der Waals surface area (Å²) in [7, 11) is 0. The van der Waals surface area contributed by atoms with E-state index >= 15 is 0 Å². The van der Waals surface area contributed by atoms with Gasteiger partial charge in [-0.3, -0.25) is 4.79 Å². The summed E-state index contributed by atoms with van der Waals surface area (Å²) in [5.41, 5.74) is 1.97. The van der Waals surface area contributed by atoms with Crippen LogP contribution in [-0.2, 0) is 16.1 Å². The molecule has 1 aliphatic rings. The fraction of sp³-hybridized carbons (Fsp3) is 0.333. The van der Waals surface area contributed by atoms with E-state index < -0.39 is 0 Å². The number of hydrogen-bond donors (Lipinski definition) is 1. The highest BCUT2D eigenvalue weighted by atomic mass is 35.5. The van der Waals surface area contributed by atoms with Crippen molar-refractivity contribution < 1.29 is 9.53 Å². The van der Waals surface area contributed by atoms with Gasteiger partial charge in [-0.25, -0.2) is 4.68 Å². The van der Waals surface area contributed by atoms with Gasteiger partial charge in [-0.15, -0.1) is 5.10 Å². The topological polar surface area (TPSA) is 81.9 Å². The Morgan fingerprint density at radius 2 is 1.97 bits per heavy atom. The summed E-state index contributed by atoms with van der Waals surface area (Å²) in [6.07, 6.45) is 2.20. The monoisotopic (exact) mass is 443 g/mol. The van der Waals surface area contributed by atoms with Crippen LogP contribution in [0.1, 0.15) is 30.0 Å². The van der Waals surface area contributed by atoms with Crippen LogP contribution in [0.3, 0.4) is 0 Å². The molecule has 2 unspecified atom stereocenters. The number of halogens is 1. The van der Waals surface area contributed by atoms with E-state index in [4.69, 9.17) is 16.3 Å². The van der Waals surface area contributed by atoms with Crippen LogP contribution >= 0.6 is 23.4 Å². The molecular formula is C21H22ClN5O2S. The van der Waals surface area contributed by atoms with E-state index in [0.29, 0.717) is 16.7 Å². The van der Waals surface area contributed by atoms with Crippen molar-refractivity contribution in [1.82, 2.24) is 25.5 Å². The molecule has 1 fully saturated rings. The maximum Gasteiger partial charge on any atom is 0.231 e. The minimum Gasteiger partial charge on any atom is -0.376 e. The van der Waals surface area contributed by atoms with Crippen molar-refractivity contribution in [3.8, 4) is 0 Å². The molecule has 0 saturated carbocycles. The lowest BCUT2D eigenvalue weighted by Gasteiger charge is -2.20. The molecule has 0 aliphatic carbocycles. The second-order valence-electron chi connectivity index (χ2n) is 7.03. The van der Waals surface area contributed by atoms with Gasteiger partial charge in [-0.05, 0) is 46.5 Å². The minimum atomic E-state index is -0.264. The van der Waals surface area contributed by atoms with E-state index in [0.717, 1.165) is 30.6 Å². The van der Waals surface area contributed by atoms with E-state index in [2.05, 4.69) is 20.8 Å². The molecule has 0 radical (unpaired) electrons. The Labute approximate surface area is 184 Å². The quantitative estimate of drug-likeness (QED) is 0.536. The number of nitrogens with one attached hydrogen (secondary N) is 1. The number of rotatable bonds is 8. The Morgan fingerprint density at radius 1 is 1.20 bits per heavy atom. The minimum absolute atomic E-state index is 0.101. The number of benzene rings is 2. The largest absolute Gasteiger partial charge is 0.376 e. The van der Waals surface area contributed by atoms with Gasteiger partial charge in [0.2, 0.25) is 11.1 Å². The van der Waals surface area contributed by atoms with E-state index in [9.17, 15) is 4.79 Å². The highest BCUT2D eigenvalue weighted by molar-refractivity contribution is 7.99. The Balaban J connectivity index is 1.41. The third-order valence-electron chi connectivity index (χ3n) is 4.87. The summed E-state index contributed by atoms with van der Waals surface area (Å²) in [6, 6.07) is 17.1. The third-order valence-corrected chi connectivity index (χ3v) is 6.08. The zero-order chi connectivity index (χ0) is 20.8. The zero-order valence-electron chi connectivity index (χ0n) is 16.3. The summed E-state index contributed by atoms with van der Waals surface area (Å²) in [5.74, 6) is 0.110. The first kappa shape index (κ1) is 20.8. The molecule has 2 aromatic carbocycles. The number of aromatic nitrogens is 4. The van der Waals surface area contributed by atoms with Gasteiger partial charge in [0.25, 0.3) is 0 Å². The highest BCUT2D eigenvalue weighted by Gasteiger charge is 2.21. The van der Waals surface area contributed by atoms with Crippen LogP contribution in [0.25, 0.3) is 0 Å². The van der Waals surface area contributed by atoms with Gasteiger partial charge < -0.3 is 10.1 Å². The number of ether oxygens (including phenoxy) is 1. The molecule has 7 nitrogen and oxygen atoms in total. The molecule has 1 saturated heterocycles. The van der Waals surface area contributed by atoms with E-state index in [1.807, 2.05) is 54.6 Å². The molecule has 4 rings (SSSR count). The lowest BCUT2D eigenvalue weighted by Crippen LogP contribution is -2.30. The summed E-state index contributed by atoms with van der Waals surface area (Å²) in [6.45, 7) is 1.39. The number of thioether (sulfide) groups is 1. The predicted molar refractivity (Wildman–Crippen MR) is 115 cm³/mol. The van der Waals surface area contributed by atoms with Crippen LogP contribution in [0.2, 0.25) is 5.02 Å². The SMILES string of the molecule is O=C(CSc1nnnn1CC1CCCO1)NC(c1ccccc1)c1ccc(Cl)cc1. The number of hydrogen-bond acceptors (Lipinski definition) is 6. The van der Waals surface area contributed by atoms with Crippen LogP contribution in [0.5, 0.6) is 0 Å². The van der Waals surface area contributed by atoms with Gasteiger partial charge >= 0.3 is 0 Å². The fourth-order valence-electron chi connectivity index (χ4n) is 3.39. The smallest absolute Gasteiger partial charge is 0.231 e. The highest BCUT2D eigenvalue weighted by Crippen LogP contribution is 2.24. The molecule has 2 atom stereocenters. The number of amides is 1. The van der Waals surface area contributed by atoms with Crippen molar-refractivity contribution in [3.63, 3.8) is 0 Å². The van der Waals surface area contributed by atoms with Crippen LogP contribution in [-0.4, -0.2) is 44.6 Å². The molecule has 9 heteroatoms. The zero-order valence-corrected chi connectivity index (χ0v) is 17.9. The van der Waals surface area contributed by atoms with E-state index in [-0.39, 0.29) is 23.8 Å². The van der Waals surface area contributed by atoms with E-state index in [1.54, 1.807) is 4.68 Å². The molecule has 3 aromatic rings. The molecule has 1 N–H and O–H groups in total. The molecule has 1 aliphatic heterocycles. The molecule has 0 bridgehead atoms. The lowest BCUT2D eigenvalue weighted by atomic mass is 9.99. The Morgan fingerprint density at radius 3 is 2.70 bits per heavy atom. The average Bonchev–Trinajstić information content (AvgIpc) is 3.44. The first-order valence-corrected chi connectivity index (χ1v) is 11.2. The Hall–Kier alpha value is -2.42. The summed E-state index contributed by atoms with van der Waals surface area (Å²) >= 11 is 7.35. The van der Waals surface area contributed by atoms with E-state index in [1.165, 1.54) is 11.8 Å². The molecular weight excluding hydrogens is 422 g/mol. The molecule has 156 valence electrons. The van der Waals surface area contributed by atoms with Gasteiger partial charge in [0, 0.05) is 11.6 Å². The molecule has 1 amide bonds. The number of tetrazole rings is 1. The first-order chi connectivity index (χ1) is 14.7. The number of carbonyl (C=O) groups is 1. The summed E-state index contributed by atoms with van der Waals surface area (Å²) in [5, 5.41) is 16.2. The van der Waals surface area contributed by atoms with Crippen LogP contribution in [0.4, 0.5) is 0 Å². The lowest BCUT2D eigenvalue weighted by molar-refractivity contribution is -0.119. The maximum atomic E-state index is 12.8. The van der Waals surface area contributed by atoms with Crippen molar-refractivity contribution in [1.29, 1.82) is 0 Å². The normalized spacial score (nSPS) is 17.0. The average molecular weight is 444 g/mol. The van der Waals surface area contributed by atoms with Crippen LogP contribution < -0.4 is 5.32 Å².